The van der Waals surface area contributed by atoms with Crippen molar-refractivity contribution in [1.29, 1.82) is 0 Å². The molecule has 0 aliphatic heterocycles. The molecule has 0 fully saturated rings. The number of ether oxygens (including phenoxy) is 3. The standard InChI is InChI=1S/C66H122O6/c1-4-7-10-13-16-19-22-25-27-28-29-30-31-32-33-34-35-36-37-38-39-42-44-47-50-53-56-59-65(68)71-62-63(61-70-64(67)58-55-52-49-46-43-40-24-21-18-15-12-9-6-3)72-66(69)60-57-54-51-48-45-41-26-23-20-17-14-11-8-5-2/h21,23-24,26,28-29,63H,4-20,22,25,27,30-62H2,1-3H3/b24-21-,26-23-,29-28-. The quantitative estimate of drug-likeness (QED) is 0.0261. The Bertz CT molecular complexity index is 1210. The van der Waals surface area contributed by atoms with Crippen molar-refractivity contribution < 1.29 is 28.6 Å². The zero-order chi connectivity index (χ0) is 52.2. The maximum atomic E-state index is 12.9. The molecule has 0 heterocycles. The Balaban J connectivity index is 4.19. The van der Waals surface area contributed by atoms with Gasteiger partial charge in [0.2, 0.25) is 0 Å². The Labute approximate surface area is 448 Å². The van der Waals surface area contributed by atoms with E-state index in [1.165, 1.54) is 238 Å². The van der Waals surface area contributed by atoms with Crippen molar-refractivity contribution >= 4 is 17.9 Å². The van der Waals surface area contributed by atoms with E-state index in [0.717, 1.165) is 70.6 Å². The molecule has 0 N–H and O–H groups in total. The summed E-state index contributed by atoms with van der Waals surface area (Å²) in [5.74, 6) is -0.873. The molecular formula is C66H122O6. The molecule has 0 saturated heterocycles. The topological polar surface area (TPSA) is 78.9 Å². The average Bonchev–Trinajstić information content (AvgIpc) is 3.38. The Morgan fingerprint density at radius 1 is 0.264 bits per heavy atom. The zero-order valence-electron chi connectivity index (χ0n) is 48.5. The lowest BCUT2D eigenvalue weighted by atomic mass is 10.0. The molecule has 0 bridgehead atoms. The van der Waals surface area contributed by atoms with Gasteiger partial charge in [-0.3, -0.25) is 14.4 Å². The van der Waals surface area contributed by atoms with Crippen LogP contribution in [0.2, 0.25) is 0 Å². The fourth-order valence-corrected chi connectivity index (χ4v) is 9.49. The molecule has 0 saturated carbocycles. The number of unbranched alkanes of at least 4 members (excludes halogenated alkanes) is 42. The first-order valence-electron chi connectivity index (χ1n) is 32.0. The molecule has 6 heteroatoms. The van der Waals surface area contributed by atoms with Gasteiger partial charge in [-0.15, -0.1) is 0 Å². The average molecular weight is 1010 g/mol. The van der Waals surface area contributed by atoms with Crippen LogP contribution in [-0.4, -0.2) is 37.2 Å². The van der Waals surface area contributed by atoms with Crippen molar-refractivity contribution in [2.24, 2.45) is 0 Å². The lowest BCUT2D eigenvalue weighted by Gasteiger charge is -2.18. The van der Waals surface area contributed by atoms with Crippen LogP contribution in [0, 0.1) is 0 Å². The number of hydrogen-bond donors (Lipinski definition) is 0. The van der Waals surface area contributed by atoms with Crippen LogP contribution < -0.4 is 0 Å². The van der Waals surface area contributed by atoms with Gasteiger partial charge in [0.25, 0.3) is 0 Å². The zero-order valence-corrected chi connectivity index (χ0v) is 48.5. The number of carbonyl (C=O) groups is 3. The molecular weight excluding hydrogens is 889 g/mol. The van der Waals surface area contributed by atoms with E-state index in [0.29, 0.717) is 19.3 Å². The van der Waals surface area contributed by atoms with Crippen molar-refractivity contribution in [3.05, 3.63) is 36.5 Å². The summed E-state index contributed by atoms with van der Waals surface area (Å²) in [6.45, 7) is 6.65. The molecule has 0 amide bonds. The summed E-state index contributed by atoms with van der Waals surface area (Å²) >= 11 is 0. The number of hydrogen-bond acceptors (Lipinski definition) is 6. The fraction of sp³-hybridized carbons (Fsp3) is 0.864. The van der Waals surface area contributed by atoms with E-state index < -0.39 is 6.10 Å². The third-order valence-corrected chi connectivity index (χ3v) is 14.3. The van der Waals surface area contributed by atoms with Crippen LogP contribution in [0.1, 0.15) is 348 Å². The number of carbonyl (C=O) groups excluding carboxylic acids is 3. The number of esters is 3. The SMILES string of the molecule is CCCCCC/C=C\CCCCCCCC(=O)OCC(COC(=O)CCCCCCCCCCCCCCCCC/C=C\CCCCCCCCCC)OC(=O)CCCCCCC/C=C\CCCCCCC. The first-order valence-corrected chi connectivity index (χ1v) is 32.0. The van der Waals surface area contributed by atoms with E-state index in [2.05, 4.69) is 57.2 Å². The maximum Gasteiger partial charge on any atom is 0.306 e. The van der Waals surface area contributed by atoms with Gasteiger partial charge in [-0.25, -0.2) is 0 Å². The van der Waals surface area contributed by atoms with E-state index in [-0.39, 0.29) is 31.1 Å². The molecule has 72 heavy (non-hydrogen) atoms. The van der Waals surface area contributed by atoms with Crippen LogP contribution in [0.5, 0.6) is 0 Å². The minimum atomic E-state index is -0.778. The lowest BCUT2D eigenvalue weighted by Crippen LogP contribution is -2.30. The molecule has 0 radical (unpaired) electrons. The van der Waals surface area contributed by atoms with E-state index in [9.17, 15) is 14.4 Å². The largest absolute Gasteiger partial charge is 0.462 e. The van der Waals surface area contributed by atoms with Crippen molar-refractivity contribution in [1.82, 2.24) is 0 Å². The summed E-state index contributed by atoms with van der Waals surface area (Å²) in [6.07, 6.45) is 74.5. The van der Waals surface area contributed by atoms with Gasteiger partial charge in [-0.2, -0.15) is 0 Å². The molecule has 0 spiro atoms. The number of allylic oxidation sites excluding steroid dienone is 6. The second kappa shape index (κ2) is 61.2. The van der Waals surface area contributed by atoms with E-state index in [1.54, 1.807) is 0 Å². The van der Waals surface area contributed by atoms with Crippen molar-refractivity contribution in [2.45, 2.75) is 354 Å². The maximum absolute atomic E-state index is 12.9. The van der Waals surface area contributed by atoms with Gasteiger partial charge < -0.3 is 14.2 Å². The van der Waals surface area contributed by atoms with Gasteiger partial charge in [-0.05, 0) is 96.3 Å². The normalized spacial score (nSPS) is 12.2. The molecule has 0 aromatic heterocycles. The van der Waals surface area contributed by atoms with Crippen molar-refractivity contribution in [3.63, 3.8) is 0 Å². The molecule has 0 rings (SSSR count). The Morgan fingerprint density at radius 2 is 0.458 bits per heavy atom. The predicted octanol–water partition coefficient (Wildman–Crippen LogP) is 21.6. The first-order chi connectivity index (χ1) is 35.5. The van der Waals surface area contributed by atoms with Gasteiger partial charge in [0.05, 0.1) is 0 Å². The summed E-state index contributed by atoms with van der Waals surface area (Å²) < 4.78 is 16.9. The summed E-state index contributed by atoms with van der Waals surface area (Å²) in [7, 11) is 0. The van der Waals surface area contributed by atoms with Crippen LogP contribution >= 0.6 is 0 Å². The molecule has 0 aliphatic carbocycles. The van der Waals surface area contributed by atoms with Gasteiger partial charge in [-0.1, -0.05) is 269 Å². The van der Waals surface area contributed by atoms with Crippen LogP contribution in [0.15, 0.2) is 36.5 Å². The van der Waals surface area contributed by atoms with Gasteiger partial charge in [0, 0.05) is 19.3 Å². The highest BCUT2D eigenvalue weighted by Crippen LogP contribution is 2.17. The molecule has 422 valence electrons. The molecule has 6 nitrogen and oxygen atoms in total. The first kappa shape index (κ1) is 69.6. The predicted molar refractivity (Wildman–Crippen MR) is 312 cm³/mol. The van der Waals surface area contributed by atoms with E-state index in [1.807, 2.05) is 0 Å². The van der Waals surface area contributed by atoms with Crippen molar-refractivity contribution in [2.75, 3.05) is 13.2 Å². The molecule has 1 unspecified atom stereocenters. The molecule has 1 atom stereocenters. The van der Waals surface area contributed by atoms with Crippen LogP contribution in [-0.2, 0) is 28.6 Å². The highest BCUT2D eigenvalue weighted by atomic mass is 16.6. The summed E-state index contributed by atoms with van der Waals surface area (Å²) in [6, 6.07) is 0. The summed E-state index contributed by atoms with van der Waals surface area (Å²) in [5, 5.41) is 0. The Hall–Kier alpha value is -2.37. The minimum absolute atomic E-state index is 0.0748. The second-order valence-electron chi connectivity index (χ2n) is 21.7. The third kappa shape index (κ3) is 58.5. The molecule has 0 aromatic carbocycles. The van der Waals surface area contributed by atoms with Crippen LogP contribution in [0.3, 0.4) is 0 Å². The Kier molecular flexibility index (Phi) is 59.2. The monoisotopic (exact) mass is 1010 g/mol. The lowest BCUT2D eigenvalue weighted by molar-refractivity contribution is -0.167. The van der Waals surface area contributed by atoms with Gasteiger partial charge >= 0.3 is 17.9 Å². The smallest absolute Gasteiger partial charge is 0.306 e. The van der Waals surface area contributed by atoms with Crippen molar-refractivity contribution in [3.8, 4) is 0 Å². The highest BCUT2D eigenvalue weighted by molar-refractivity contribution is 5.71. The Morgan fingerprint density at radius 3 is 0.708 bits per heavy atom. The van der Waals surface area contributed by atoms with Gasteiger partial charge in [0.1, 0.15) is 13.2 Å². The second-order valence-corrected chi connectivity index (χ2v) is 21.7. The van der Waals surface area contributed by atoms with Crippen LogP contribution in [0.4, 0.5) is 0 Å². The molecule has 0 aromatic rings. The summed E-state index contributed by atoms with van der Waals surface area (Å²) in [4.78, 5) is 38.2. The third-order valence-electron chi connectivity index (χ3n) is 14.3. The number of rotatable bonds is 59. The summed E-state index contributed by atoms with van der Waals surface area (Å²) in [5.41, 5.74) is 0. The van der Waals surface area contributed by atoms with E-state index in [4.69, 9.17) is 14.2 Å². The highest BCUT2D eigenvalue weighted by Gasteiger charge is 2.19. The molecule has 0 aliphatic rings. The van der Waals surface area contributed by atoms with Gasteiger partial charge in [0.15, 0.2) is 6.10 Å². The fourth-order valence-electron chi connectivity index (χ4n) is 9.49. The van der Waals surface area contributed by atoms with Crippen LogP contribution in [0.25, 0.3) is 0 Å². The minimum Gasteiger partial charge on any atom is -0.462 e. The van der Waals surface area contributed by atoms with E-state index >= 15 is 0 Å².